The minimum Gasteiger partial charge on any atom is -0.478 e. The Morgan fingerprint density at radius 1 is 0.780 bits per heavy atom. The van der Waals surface area contributed by atoms with Crippen LogP contribution in [0.15, 0.2) is 88.1 Å². The zero-order valence-electron chi connectivity index (χ0n) is 21.0. The number of benzene rings is 2. The molecule has 208 valence electrons. The molecule has 6 aromatic rings. The van der Waals surface area contributed by atoms with Gasteiger partial charge in [-0.15, -0.1) is 0 Å². The van der Waals surface area contributed by atoms with Crippen LogP contribution in [0.2, 0.25) is 5.02 Å². The summed E-state index contributed by atoms with van der Waals surface area (Å²) in [6.07, 6.45) is 3.29. The Labute approximate surface area is 254 Å². The van der Waals surface area contributed by atoms with Crippen molar-refractivity contribution in [2.24, 2.45) is 0 Å². The number of carbonyl (C=O) groups is 1. The van der Waals surface area contributed by atoms with Gasteiger partial charge in [-0.05, 0) is 70.5 Å². The predicted molar refractivity (Wildman–Crippen MR) is 160 cm³/mol. The fraction of sp³-hybridized carbons (Fsp3) is 0.0690. The number of rotatable bonds is 5. The second-order valence-corrected chi connectivity index (χ2v) is 11.0. The van der Waals surface area contributed by atoms with Gasteiger partial charge in [-0.25, -0.2) is 19.2 Å². The lowest BCUT2D eigenvalue weighted by atomic mass is 10.1. The molecule has 8 nitrogen and oxygen atoms in total. The van der Waals surface area contributed by atoms with Gasteiger partial charge in [0.15, 0.2) is 0 Å². The highest BCUT2D eigenvalue weighted by atomic mass is 79.9. The fourth-order valence-electron chi connectivity index (χ4n) is 4.30. The lowest BCUT2D eigenvalue weighted by Crippen LogP contribution is -2.01. The van der Waals surface area contributed by atoms with E-state index < -0.39 is 11.8 Å². The molecule has 0 aliphatic rings. The summed E-state index contributed by atoms with van der Waals surface area (Å²) in [7, 11) is 0. The monoisotopic (exact) mass is 700 g/mol. The first-order chi connectivity index (χ1) is 19.7. The Bertz CT molecular complexity index is 1910. The van der Waals surface area contributed by atoms with Crippen LogP contribution in [0.5, 0.6) is 0 Å². The number of nitrogens with zero attached hydrogens (tertiary/aromatic N) is 4. The third-order valence-corrected chi connectivity index (χ3v) is 7.54. The Hall–Kier alpha value is -3.61. The number of carboxylic acids is 1. The lowest BCUT2D eigenvalue weighted by Gasteiger charge is -2.03. The molecular weight excluding hydrogens is 683 g/mol. The molecule has 0 fully saturated rings. The number of aliphatic hydroxyl groups excluding tert-OH is 2. The highest BCUT2D eigenvalue weighted by Gasteiger charge is 2.16. The molecule has 0 radical (unpaired) electrons. The molecule has 4 heterocycles. The van der Waals surface area contributed by atoms with Crippen LogP contribution in [0.3, 0.4) is 0 Å². The quantitative estimate of drug-likeness (QED) is 0.178. The molecule has 0 bridgehead atoms. The van der Waals surface area contributed by atoms with Gasteiger partial charge in [0.2, 0.25) is 0 Å². The molecule has 0 atom stereocenters. The first-order valence-electron chi connectivity index (χ1n) is 12.0. The van der Waals surface area contributed by atoms with Gasteiger partial charge in [-0.3, -0.25) is 4.40 Å². The fourth-order valence-corrected chi connectivity index (χ4v) is 5.08. The average molecular weight is 703 g/mol. The van der Waals surface area contributed by atoms with Crippen LogP contribution in [-0.4, -0.2) is 40.1 Å². The van der Waals surface area contributed by atoms with Gasteiger partial charge in [-0.2, -0.15) is 0 Å². The van der Waals surface area contributed by atoms with Crippen molar-refractivity contribution in [3.8, 4) is 22.5 Å². The molecule has 41 heavy (non-hydrogen) atoms. The molecule has 0 saturated carbocycles. The molecule has 3 N–H and O–H groups in total. The average Bonchev–Trinajstić information content (AvgIpc) is 3.52. The number of imidazole rings is 2. The summed E-state index contributed by atoms with van der Waals surface area (Å²) in [5.74, 6) is -1.49. The maximum Gasteiger partial charge on any atom is 0.337 e. The molecule has 0 amide bonds. The summed E-state index contributed by atoms with van der Waals surface area (Å²) >= 11 is 12.6. The van der Waals surface area contributed by atoms with Gasteiger partial charge in [-0.1, -0.05) is 39.7 Å². The molecule has 4 aromatic heterocycles. The van der Waals surface area contributed by atoms with E-state index in [9.17, 15) is 19.4 Å². The maximum atomic E-state index is 13.2. The van der Waals surface area contributed by atoms with Crippen molar-refractivity contribution >= 4 is 60.7 Å². The molecule has 0 aliphatic heterocycles. The van der Waals surface area contributed by atoms with Crippen molar-refractivity contribution in [2.45, 2.75) is 13.2 Å². The number of hydrogen-bond donors (Lipinski definition) is 3. The van der Waals surface area contributed by atoms with Crippen molar-refractivity contribution < 1.29 is 24.5 Å². The normalized spacial score (nSPS) is 11.1. The van der Waals surface area contributed by atoms with Crippen molar-refractivity contribution in [3.05, 3.63) is 116 Å². The lowest BCUT2D eigenvalue weighted by molar-refractivity contribution is 0.0696. The summed E-state index contributed by atoms with van der Waals surface area (Å²) in [4.78, 5) is 20.0. The largest absolute Gasteiger partial charge is 0.478 e. The number of halogens is 4. The van der Waals surface area contributed by atoms with Crippen molar-refractivity contribution in [1.29, 1.82) is 0 Å². The highest BCUT2D eigenvalue weighted by molar-refractivity contribution is 9.10. The third kappa shape index (κ3) is 5.90. The van der Waals surface area contributed by atoms with Gasteiger partial charge in [0.05, 0.1) is 46.6 Å². The zero-order valence-corrected chi connectivity index (χ0v) is 24.9. The molecule has 12 heteroatoms. The van der Waals surface area contributed by atoms with Crippen molar-refractivity contribution in [1.82, 2.24) is 18.8 Å². The highest BCUT2D eigenvalue weighted by Crippen LogP contribution is 2.29. The van der Waals surface area contributed by atoms with Gasteiger partial charge in [0.1, 0.15) is 17.1 Å². The third-order valence-electron chi connectivity index (χ3n) is 6.26. The van der Waals surface area contributed by atoms with Gasteiger partial charge in [0, 0.05) is 32.5 Å². The molecule has 0 saturated heterocycles. The second-order valence-electron chi connectivity index (χ2n) is 8.79. The standard InChI is InChI=1S/C15H11BrN2O3.C14H9BrClFN2O/c16-11-4-1-9(2-5-11)14-12(8-19)18-7-10(15(20)21)3-6-13(18)17-14;15-9-2-4-13-18-14(12(7-20)19(13)6-9)8-1-3-11(17)10(16)5-8/h1-7,19H,8H2,(H,20,21);1-6,20H,7H2. The van der Waals surface area contributed by atoms with E-state index in [0.717, 1.165) is 14.5 Å². The van der Waals surface area contributed by atoms with E-state index in [1.54, 1.807) is 20.9 Å². The van der Waals surface area contributed by atoms with Crippen LogP contribution in [0.1, 0.15) is 21.7 Å². The summed E-state index contributed by atoms with van der Waals surface area (Å²) in [6, 6.07) is 18.8. The Balaban J connectivity index is 0.000000165. The summed E-state index contributed by atoms with van der Waals surface area (Å²) in [5.41, 5.74) is 5.41. The van der Waals surface area contributed by atoms with E-state index in [2.05, 4.69) is 41.8 Å². The molecule has 0 unspecified atom stereocenters. The predicted octanol–water partition coefficient (Wildman–Crippen LogP) is 7.00. The van der Waals surface area contributed by atoms with E-state index in [4.69, 9.17) is 16.7 Å². The molecule has 0 aliphatic carbocycles. The smallest absolute Gasteiger partial charge is 0.337 e. The first-order valence-corrected chi connectivity index (χ1v) is 14.0. The van der Waals surface area contributed by atoms with Crippen molar-refractivity contribution in [3.63, 3.8) is 0 Å². The Morgan fingerprint density at radius 3 is 1.90 bits per heavy atom. The topological polar surface area (TPSA) is 112 Å². The van der Waals surface area contributed by atoms with E-state index in [-0.39, 0.29) is 23.8 Å². The molecule has 2 aromatic carbocycles. The minimum absolute atomic E-state index is 0.0321. The maximum absolute atomic E-state index is 13.2. The van der Waals surface area contributed by atoms with Gasteiger partial charge < -0.3 is 19.7 Å². The Kier molecular flexibility index (Phi) is 8.52. The van der Waals surface area contributed by atoms with Crippen LogP contribution in [0.25, 0.3) is 33.8 Å². The first kappa shape index (κ1) is 28.9. The second kappa shape index (κ2) is 12.1. The van der Waals surface area contributed by atoms with E-state index >= 15 is 0 Å². The van der Waals surface area contributed by atoms with Crippen LogP contribution in [0, 0.1) is 5.82 Å². The summed E-state index contributed by atoms with van der Waals surface area (Å²) in [5, 5.41) is 28.3. The van der Waals surface area contributed by atoms with Crippen LogP contribution < -0.4 is 0 Å². The number of fused-ring (bicyclic) bond motifs is 2. The number of pyridine rings is 2. The van der Waals surface area contributed by atoms with Crippen LogP contribution >= 0.6 is 43.5 Å². The Morgan fingerprint density at radius 2 is 1.32 bits per heavy atom. The minimum atomic E-state index is -1.01. The summed E-state index contributed by atoms with van der Waals surface area (Å²) in [6.45, 7) is -0.405. The molecule has 0 spiro atoms. The van der Waals surface area contributed by atoms with E-state index in [1.807, 2.05) is 42.6 Å². The van der Waals surface area contributed by atoms with Crippen LogP contribution in [-0.2, 0) is 13.2 Å². The van der Waals surface area contributed by atoms with E-state index in [1.165, 1.54) is 24.4 Å². The molecular formula is C29H20Br2ClFN4O4. The molecule has 6 rings (SSSR count). The summed E-state index contributed by atoms with van der Waals surface area (Å²) < 4.78 is 18.5. The van der Waals surface area contributed by atoms with Gasteiger partial charge >= 0.3 is 5.97 Å². The van der Waals surface area contributed by atoms with Crippen LogP contribution in [0.4, 0.5) is 4.39 Å². The number of carboxylic acid groups (broad SMARTS) is 1. The van der Waals surface area contributed by atoms with Crippen molar-refractivity contribution in [2.75, 3.05) is 0 Å². The van der Waals surface area contributed by atoms with E-state index in [0.29, 0.717) is 39.6 Å². The number of aliphatic hydroxyl groups is 2. The number of aromatic nitrogens is 4. The zero-order chi connectivity index (χ0) is 29.3. The SMILES string of the molecule is O=C(O)c1ccc2nc(-c3ccc(Br)cc3)c(CO)n2c1.OCc1c(-c2ccc(F)c(Cl)c2)nc2ccc(Br)cn12. The number of aromatic carboxylic acids is 1. The number of hydrogen-bond acceptors (Lipinski definition) is 5. The van der Waals surface area contributed by atoms with Gasteiger partial charge in [0.25, 0.3) is 0 Å².